The van der Waals surface area contributed by atoms with Gasteiger partial charge in [0.1, 0.15) is 0 Å². The van der Waals surface area contributed by atoms with Crippen LogP contribution in [0.25, 0.3) is 0 Å². The summed E-state index contributed by atoms with van der Waals surface area (Å²) in [6.07, 6.45) is 8.15. The van der Waals surface area contributed by atoms with E-state index in [0.29, 0.717) is 5.92 Å². The van der Waals surface area contributed by atoms with E-state index in [4.69, 9.17) is 0 Å². The molecular formula is C16H25NO3. The van der Waals surface area contributed by atoms with E-state index in [1.807, 2.05) is 0 Å². The van der Waals surface area contributed by atoms with Crippen LogP contribution in [-0.4, -0.2) is 23.0 Å². The van der Waals surface area contributed by atoms with Gasteiger partial charge >= 0.3 is 5.97 Å². The first-order valence-electron chi connectivity index (χ1n) is 8.11. The topological polar surface area (TPSA) is 66.4 Å². The lowest BCUT2D eigenvalue weighted by atomic mass is 9.80. The third kappa shape index (κ3) is 2.04. The maximum absolute atomic E-state index is 12.7. The molecule has 3 aliphatic carbocycles. The van der Waals surface area contributed by atoms with Crippen molar-refractivity contribution in [3.63, 3.8) is 0 Å². The van der Waals surface area contributed by atoms with Crippen molar-refractivity contribution in [2.45, 2.75) is 64.3 Å². The standard InChI is InChI=1S/C16H25NO3/c1-2-16(7-3-4-8-16)15(20)17-13-11-6-5-10(9-11)12(13)14(18)19/h10-13H,2-9H2,1H3,(H,17,20)(H,18,19). The van der Waals surface area contributed by atoms with E-state index in [1.54, 1.807) is 0 Å². The lowest BCUT2D eigenvalue weighted by Gasteiger charge is -2.33. The van der Waals surface area contributed by atoms with Gasteiger partial charge in [0.05, 0.1) is 5.92 Å². The largest absolute Gasteiger partial charge is 0.481 e. The van der Waals surface area contributed by atoms with Crippen LogP contribution < -0.4 is 5.32 Å². The van der Waals surface area contributed by atoms with Crippen molar-refractivity contribution in [1.29, 1.82) is 0 Å². The Morgan fingerprint density at radius 2 is 1.85 bits per heavy atom. The first-order chi connectivity index (χ1) is 9.57. The van der Waals surface area contributed by atoms with Gasteiger partial charge in [0.2, 0.25) is 5.91 Å². The molecule has 0 spiro atoms. The molecule has 0 aromatic carbocycles. The number of carbonyl (C=O) groups excluding carboxylic acids is 1. The Bertz CT molecular complexity index is 414. The molecule has 3 fully saturated rings. The number of aliphatic carboxylic acids is 1. The fraction of sp³-hybridized carbons (Fsp3) is 0.875. The summed E-state index contributed by atoms with van der Waals surface area (Å²) in [5, 5.41) is 12.6. The second-order valence-electron chi connectivity index (χ2n) is 7.04. The number of hydrogen-bond acceptors (Lipinski definition) is 2. The van der Waals surface area contributed by atoms with Crippen molar-refractivity contribution in [1.82, 2.24) is 5.32 Å². The minimum atomic E-state index is -0.723. The molecule has 0 radical (unpaired) electrons. The molecule has 3 saturated carbocycles. The summed E-state index contributed by atoms with van der Waals surface area (Å²) in [6, 6.07) is -0.122. The van der Waals surface area contributed by atoms with Crippen LogP contribution in [0, 0.1) is 23.2 Å². The molecule has 4 atom stereocenters. The first-order valence-corrected chi connectivity index (χ1v) is 8.11. The lowest BCUT2D eigenvalue weighted by molar-refractivity contribution is -0.145. The minimum absolute atomic E-state index is 0.122. The van der Waals surface area contributed by atoms with Crippen molar-refractivity contribution in [2.75, 3.05) is 0 Å². The fourth-order valence-electron chi connectivity index (χ4n) is 4.95. The number of rotatable bonds is 4. The van der Waals surface area contributed by atoms with Gasteiger partial charge in [0.25, 0.3) is 0 Å². The summed E-state index contributed by atoms with van der Waals surface area (Å²) in [4.78, 5) is 24.2. The Kier molecular flexibility index (Phi) is 3.51. The van der Waals surface area contributed by atoms with Crippen LogP contribution in [0.3, 0.4) is 0 Å². The second kappa shape index (κ2) is 5.05. The van der Waals surface area contributed by atoms with E-state index in [-0.39, 0.29) is 29.2 Å². The van der Waals surface area contributed by atoms with Gasteiger partial charge in [0.15, 0.2) is 0 Å². The van der Waals surface area contributed by atoms with Gasteiger partial charge in [-0.3, -0.25) is 9.59 Å². The van der Waals surface area contributed by atoms with Crippen LogP contribution in [0.1, 0.15) is 58.3 Å². The minimum Gasteiger partial charge on any atom is -0.481 e. The van der Waals surface area contributed by atoms with Crippen LogP contribution in [0.5, 0.6) is 0 Å². The van der Waals surface area contributed by atoms with Crippen LogP contribution >= 0.6 is 0 Å². The summed E-state index contributed by atoms with van der Waals surface area (Å²) in [6.45, 7) is 2.08. The number of hydrogen-bond donors (Lipinski definition) is 2. The van der Waals surface area contributed by atoms with Crippen LogP contribution in [0.15, 0.2) is 0 Å². The summed E-state index contributed by atoms with van der Waals surface area (Å²) in [5.41, 5.74) is -0.217. The average molecular weight is 279 g/mol. The van der Waals surface area contributed by atoms with E-state index >= 15 is 0 Å². The Hall–Kier alpha value is -1.06. The quantitative estimate of drug-likeness (QED) is 0.831. The predicted octanol–water partition coefficient (Wildman–Crippen LogP) is 2.57. The normalized spacial score (nSPS) is 38.0. The van der Waals surface area contributed by atoms with Gasteiger partial charge in [0, 0.05) is 11.5 Å². The zero-order valence-corrected chi connectivity index (χ0v) is 12.2. The number of carboxylic acid groups (broad SMARTS) is 1. The fourth-order valence-corrected chi connectivity index (χ4v) is 4.95. The summed E-state index contributed by atoms with van der Waals surface area (Å²) in [7, 11) is 0. The monoisotopic (exact) mass is 279 g/mol. The van der Waals surface area contributed by atoms with Crippen molar-refractivity contribution in [3.05, 3.63) is 0 Å². The van der Waals surface area contributed by atoms with Crippen LogP contribution in [0.4, 0.5) is 0 Å². The Labute approximate surface area is 120 Å². The molecule has 20 heavy (non-hydrogen) atoms. The Morgan fingerprint density at radius 3 is 2.45 bits per heavy atom. The zero-order chi connectivity index (χ0) is 14.3. The van der Waals surface area contributed by atoms with Gasteiger partial charge in [-0.2, -0.15) is 0 Å². The molecule has 0 saturated heterocycles. The predicted molar refractivity (Wildman–Crippen MR) is 75.1 cm³/mol. The maximum Gasteiger partial charge on any atom is 0.308 e. The number of fused-ring (bicyclic) bond motifs is 2. The molecule has 0 heterocycles. The molecule has 4 heteroatoms. The van der Waals surface area contributed by atoms with Crippen molar-refractivity contribution in [2.24, 2.45) is 23.2 Å². The van der Waals surface area contributed by atoms with Crippen LogP contribution in [-0.2, 0) is 9.59 Å². The molecule has 0 aromatic heterocycles. The smallest absolute Gasteiger partial charge is 0.308 e. The summed E-state index contributed by atoms with van der Waals surface area (Å²) < 4.78 is 0. The molecular weight excluding hydrogens is 254 g/mol. The van der Waals surface area contributed by atoms with Gasteiger partial charge in [-0.15, -0.1) is 0 Å². The molecule has 0 aromatic rings. The molecule has 2 bridgehead atoms. The molecule has 112 valence electrons. The maximum atomic E-state index is 12.7. The SMILES string of the molecule is CCC1(C(=O)NC2C3CCC(C3)C2C(=O)O)CCCC1. The highest BCUT2D eigenvalue weighted by molar-refractivity contribution is 5.84. The van der Waals surface area contributed by atoms with E-state index in [1.165, 1.54) is 0 Å². The number of carbonyl (C=O) groups is 2. The number of amides is 1. The molecule has 3 aliphatic rings. The van der Waals surface area contributed by atoms with Crippen LogP contribution in [0.2, 0.25) is 0 Å². The molecule has 0 aliphatic heterocycles. The van der Waals surface area contributed by atoms with E-state index in [9.17, 15) is 14.7 Å². The van der Waals surface area contributed by atoms with Crippen molar-refractivity contribution in [3.8, 4) is 0 Å². The molecule has 1 amide bonds. The molecule has 4 unspecified atom stereocenters. The van der Waals surface area contributed by atoms with Gasteiger partial charge in [-0.25, -0.2) is 0 Å². The zero-order valence-electron chi connectivity index (χ0n) is 12.2. The molecule has 4 nitrogen and oxygen atoms in total. The van der Waals surface area contributed by atoms with E-state index in [0.717, 1.165) is 51.4 Å². The highest BCUT2D eigenvalue weighted by Crippen LogP contribution is 2.49. The average Bonchev–Trinajstić information content (AvgIpc) is 3.14. The van der Waals surface area contributed by atoms with Gasteiger partial charge in [-0.1, -0.05) is 19.8 Å². The third-order valence-corrected chi connectivity index (χ3v) is 6.22. The third-order valence-electron chi connectivity index (χ3n) is 6.22. The number of nitrogens with one attached hydrogen (secondary N) is 1. The summed E-state index contributed by atoms with van der Waals surface area (Å²) in [5.74, 6) is -0.280. The second-order valence-corrected chi connectivity index (χ2v) is 7.04. The van der Waals surface area contributed by atoms with Gasteiger partial charge < -0.3 is 10.4 Å². The molecule has 3 rings (SSSR count). The molecule has 2 N–H and O–H groups in total. The highest BCUT2D eigenvalue weighted by atomic mass is 16.4. The van der Waals surface area contributed by atoms with Gasteiger partial charge in [-0.05, 0) is 50.4 Å². The van der Waals surface area contributed by atoms with E-state index in [2.05, 4.69) is 12.2 Å². The van der Waals surface area contributed by atoms with E-state index < -0.39 is 5.97 Å². The first kappa shape index (κ1) is 13.9. The Balaban J connectivity index is 1.73. The van der Waals surface area contributed by atoms with Crippen molar-refractivity contribution >= 4 is 11.9 Å². The Morgan fingerprint density at radius 1 is 1.20 bits per heavy atom. The number of carboxylic acids is 1. The lowest BCUT2D eigenvalue weighted by Crippen LogP contribution is -2.51. The highest BCUT2D eigenvalue weighted by Gasteiger charge is 2.53. The van der Waals surface area contributed by atoms with Crippen molar-refractivity contribution < 1.29 is 14.7 Å². The summed E-state index contributed by atoms with van der Waals surface area (Å²) >= 11 is 0.